The van der Waals surface area contributed by atoms with Gasteiger partial charge in [0.05, 0.1) is 12.8 Å². The normalized spacial score (nSPS) is 9.95. The molecule has 0 aliphatic carbocycles. The number of carbonyl (C=O) groups excluding carboxylic acids is 1. The molecule has 0 aliphatic rings. The van der Waals surface area contributed by atoms with E-state index in [9.17, 15) is 9.18 Å². The second-order valence-corrected chi connectivity index (χ2v) is 4.23. The third-order valence-corrected chi connectivity index (χ3v) is 2.62. The topological polar surface area (TPSA) is 50.4 Å². The van der Waals surface area contributed by atoms with Gasteiger partial charge in [0.15, 0.2) is 0 Å². The molecule has 0 heterocycles. The maximum atomic E-state index is 13.3. The summed E-state index contributed by atoms with van der Waals surface area (Å²) < 4.78 is 18.5. The maximum Gasteiger partial charge on any atom is 0.221 e. The van der Waals surface area contributed by atoms with Gasteiger partial charge >= 0.3 is 0 Å². The van der Waals surface area contributed by atoms with Crippen molar-refractivity contribution in [2.45, 2.75) is 6.92 Å². The summed E-state index contributed by atoms with van der Waals surface area (Å²) in [5.41, 5.74) is 1.91. The van der Waals surface area contributed by atoms with E-state index in [1.807, 2.05) is 6.07 Å². The Morgan fingerprint density at radius 1 is 1.15 bits per heavy atom. The van der Waals surface area contributed by atoms with Gasteiger partial charge in [-0.05, 0) is 30.3 Å². The number of ether oxygens (including phenoxy) is 1. The van der Waals surface area contributed by atoms with E-state index in [0.29, 0.717) is 17.1 Å². The van der Waals surface area contributed by atoms with E-state index in [1.54, 1.807) is 24.3 Å². The highest BCUT2D eigenvalue weighted by atomic mass is 19.1. The lowest BCUT2D eigenvalue weighted by molar-refractivity contribution is -0.114. The van der Waals surface area contributed by atoms with Gasteiger partial charge in [-0.25, -0.2) is 4.39 Å². The maximum absolute atomic E-state index is 13.3. The van der Waals surface area contributed by atoms with Crippen LogP contribution in [0.2, 0.25) is 0 Å². The molecule has 0 unspecified atom stereocenters. The van der Waals surface area contributed by atoms with Crippen LogP contribution in [0.5, 0.6) is 5.75 Å². The first-order valence-electron chi connectivity index (χ1n) is 6.06. The van der Waals surface area contributed by atoms with Gasteiger partial charge in [0.25, 0.3) is 0 Å². The fourth-order valence-corrected chi connectivity index (χ4v) is 1.81. The Labute approximate surface area is 116 Å². The van der Waals surface area contributed by atoms with E-state index in [1.165, 1.54) is 26.2 Å². The van der Waals surface area contributed by atoms with E-state index in [-0.39, 0.29) is 11.7 Å². The quantitative estimate of drug-likeness (QED) is 0.896. The number of amides is 1. The second kappa shape index (κ2) is 6.06. The third-order valence-electron chi connectivity index (χ3n) is 2.62. The van der Waals surface area contributed by atoms with Crippen LogP contribution in [0.3, 0.4) is 0 Å². The first-order chi connectivity index (χ1) is 9.58. The molecule has 4 nitrogen and oxygen atoms in total. The van der Waals surface area contributed by atoms with Gasteiger partial charge < -0.3 is 15.4 Å². The van der Waals surface area contributed by atoms with Crippen LogP contribution in [0, 0.1) is 5.82 Å². The Kier molecular flexibility index (Phi) is 4.20. The van der Waals surface area contributed by atoms with Crippen LogP contribution in [0.1, 0.15) is 6.92 Å². The average Bonchev–Trinajstić information content (AvgIpc) is 2.38. The summed E-state index contributed by atoms with van der Waals surface area (Å²) in [6.07, 6.45) is 0. The Morgan fingerprint density at radius 3 is 2.60 bits per heavy atom. The van der Waals surface area contributed by atoms with Crippen LogP contribution in [-0.4, -0.2) is 13.0 Å². The molecule has 2 aromatic carbocycles. The van der Waals surface area contributed by atoms with Crippen molar-refractivity contribution < 1.29 is 13.9 Å². The zero-order valence-electron chi connectivity index (χ0n) is 11.2. The van der Waals surface area contributed by atoms with Crippen LogP contribution in [-0.2, 0) is 4.79 Å². The van der Waals surface area contributed by atoms with E-state index >= 15 is 0 Å². The van der Waals surface area contributed by atoms with Gasteiger partial charge in [0.2, 0.25) is 5.91 Å². The molecule has 2 rings (SSSR count). The number of hydrogen-bond donors (Lipinski definition) is 2. The van der Waals surface area contributed by atoms with Gasteiger partial charge in [0.1, 0.15) is 11.6 Å². The summed E-state index contributed by atoms with van der Waals surface area (Å²) in [7, 11) is 1.52. The highest BCUT2D eigenvalue weighted by molar-refractivity contribution is 5.89. The summed E-state index contributed by atoms with van der Waals surface area (Å²) in [6, 6.07) is 11.4. The number of methoxy groups -OCH3 is 1. The van der Waals surface area contributed by atoms with Gasteiger partial charge in [-0.3, -0.25) is 4.79 Å². The van der Waals surface area contributed by atoms with Crippen molar-refractivity contribution in [3.05, 3.63) is 48.3 Å². The zero-order valence-corrected chi connectivity index (χ0v) is 11.2. The van der Waals surface area contributed by atoms with E-state index in [2.05, 4.69) is 10.6 Å². The van der Waals surface area contributed by atoms with Crippen molar-refractivity contribution in [2.75, 3.05) is 17.7 Å². The Hall–Kier alpha value is -2.56. The Morgan fingerprint density at radius 2 is 1.90 bits per heavy atom. The molecule has 5 heteroatoms. The molecule has 0 saturated carbocycles. The smallest absolute Gasteiger partial charge is 0.221 e. The zero-order chi connectivity index (χ0) is 14.5. The van der Waals surface area contributed by atoms with Gasteiger partial charge in [-0.2, -0.15) is 0 Å². The van der Waals surface area contributed by atoms with Crippen LogP contribution >= 0.6 is 0 Å². The Balaban J connectivity index is 2.25. The van der Waals surface area contributed by atoms with Crippen molar-refractivity contribution in [3.8, 4) is 5.75 Å². The molecule has 104 valence electrons. The second-order valence-electron chi connectivity index (χ2n) is 4.23. The predicted octanol–water partition coefficient (Wildman–Crippen LogP) is 3.54. The summed E-state index contributed by atoms with van der Waals surface area (Å²) in [5.74, 6) is 0.0353. The average molecular weight is 274 g/mol. The largest absolute Gasteiger partial charge is 0.495 e. The van der Waals surface area contributed by atoms with E-state index in [0.717, 1.165) is 5.69 Å². The summed E-state index contributed by atoms with van der Waals surface area (Å²) in [4.78, 5) is 11.0. The third kappa shape index (κ3) is 3.47. The van der Waals surface area contributed by atoms with Crippen molar-refractivity contribution in [2.24, 2.45) is 0 Å². The minimum Gasteiger partial charge on any atom is -0.495 e. The molecule has 0 atom stereocenters. The van der Waals surface area contributed by atoms with Crippen molar-refractivity contribution >= 4 is 23.0 Å². The van der Waals surface area contributed by atoms with Gasteiger partial charge in [-0.1, -0.05) is 6.07 Å². The molecule has 0 bridgehead atoms. The highest BCUT2D eigenvalue weighted by Gasteiger charge is 2.05. The summed E-state index contributed by atoms with van der Waals surface area (Å²) in [6.45, 7) is 1.44. The molecule has 20 heavy (non-hydrogen) atoms. The molecule has 0 radical (unpaired) electrons. The number of carbonyl (C=O) groups is 1. The van der Waals surface area contributed by atoms with E-state index < -0.39 is 0 Å². The first kappa shape index (κ1) is 13.9. The monoisotopic (exact) mass is 274 g/mol. The molecule has 2 aromatic rings. The summed E-state index contributed by atoms with van der Waals surface area (Å²) in [5, 5.41) is 5.75. The van der Waals surface area contributed by atoms with Crippen molar-refractivity contribution in [1.29, 1.82) is 0 Å². The number of benzene rings is 2. The van der Waals surface area contributed by atoms with Crippen LogP contribution < -0.4 is 15.4 Å². The highest BCUT2D eigenvalue weighted by Crippen LogP contribution is 2.29. The van der Waals surface area contributed by atoms with Crippen molar-refractivity contribution in [1.82, 2.24) is 0 Å². The molecule has 0 fully saturated rings. The molecular weight excluding hydrogens is 259 g/mol. The van der Waals surface area contributed by atoms with Crippen LogP contribution in [0.4, 0.5) is 21.5 Å². The van der Waals surface area contributed by atoms with Crippen molar-refractivity contribution in [3.63, 3.8) is 0 Å². The fourth-order valence-electron chi connectivity index (χ4n) is 1.81. The fraction of sp³-hybridized carbons (Fsp3) is 0.133. The number of halogens is 1. The number of nitrogens with one attached hydrogen (secondary N) is 2. The number of rotatable bonds is 4. The van der Waals surface area contributed by atoms with E-state index in [4.69, 9.17) is 4.74 Å². The lowest BCUT2D eigenvalue weighted by Crippen LogP contribution is -2.05. The molecular formula is C15H15FN2O2. The molecule has 1 amide bonds. The molecule has 0 spiro atoms. The molecule has 0 saturated heterocycles. The van der Waals surface area contributed by atoms with Crippen LogP contribution in [0.15, 0.2) is 42.5 Å². The minimum atomic E-state index is -0.355. The predicted molar refractivity (Wildman–Crippen MR) is 77.0 cm³/mol. The van der Waals surface area contributed by atoms with Gasteiger partial charge in [-0.15, -0.1) is 0 Å². The summed E-state index contributed by atoms with van der Waals surface area (Å²) >= 11 is 0. The molecule has 0 aromatic heterocycles. The molecule has 2 N–H and O–H groups in total. The lowest BCUT2D eigenvalue weighted by atomic mass is 10.2. The van der Waals surface area contributed by atoms with Crippen LogP contribution in [0.25, 0.3) is 0 Å². The molecule has 0 aliphatic heterocycles. The minimum absolute atomic E-state index is 0.148. The van der Waals surface area contributed by atoms with Gasteiger partial charge in [0, 0.05) is 24.4 Å². The first-order valence-corrected chi connectivity index (χ1v) is 6.06. The number of anilines is 3. The lowest BCUT2D eigenvalue weighted by Gasteiger charge is -2.12. The standard InChI is InChI=1S/C15H15FN2O2/c1-10(19)17-12-4-3-5-13(9-12)18-14-8-11(16)6-7-15(14)20-2/h3-9,18H,1-2H3,(H,17,19). The SMILES string of the molecule is COc1ccc(F)cc1Nc1cccc(NC(C)=O)c1. The Bertz CT molecular complexity index is 629. The number of hydrogen-bond acceptors (Lipinski definition) is 3.